The number of morpholine rings is 1. The molecule has 1 aliphatic heterocycles. The van der Waals surface area contributed by atoms with E-state index in [0.717, 1.165) is 116 Å². The quantitative estimate of drug-likeness (QED) is 0.0410. The van der Waals surface area contributed by atoms with Gasteiger partial charge in [-0.2, -0.15) is 4.80 Å². The van der Waals surface area contributed by atoms with E-state index in [2.05, 4.69) is 246 Å². The minimum Gasteiger partial charge on any atom is -0.378 e. The van der Waals surface area contributed by atoms with Gasteiger partial charge in [0.15, 0.2) is 45.2 Å². The lowest BCUT2D eigenvalue weighted by atomic mass is 9.91. The average molecular weight is 2070 g/mol. The molecule has 5 aromatic heterocycles. The van der Waals surface area contributed by atoms with Gasteiger partial charge in [-0.15, -0.1) is 15.3 Å². The summed E-state index contributed by atoms with van der Waals surface area (Å²) in [5, 5.41) is 33.4. The van der Waals surface area contributed by atoms with Crippen LogP contribution in [-0.4, -0.2) is 163 Å². The third-order valence-corrected chi connectivity index (χ3v) is 30.5. The van der Waals surface area contributed by atoms with Crippen LogP contribution in [-0.2, 0) is 67.8 Å². The van der Waals surface area contributed by atoms with Crippen molar-refractivity contribution in [1.29, 1.82) is 0 Å². The number of tetrazole rings is 2. The second-order valence-electron chi connectivity index (χ2n) is 39.0. The van der Waals surface area contributed by atoms with Crippen molar-refractivity contribution < 1.29 is 48.0 Å². The maximum Gasteiger partial charge on any atom is 0.254 e. The van der Waals surface area contributed by atoms with E-state index in [1.54, 1.807) is 115 Å². The number of pyridine rings is 3. The fourth-order valence-electron chi connectivity index (χ4n) is 17.8. The highest BCUT2D eigenvalue weighted by atomic mass is 32.2. The molecule has 762 valence electrons. The van der Waals surface area contributed by atoms with Crippen molar-refractivity contribution in [1.82, 2.24) is 65.6 Å². The van der Waals surface area contributed by atoms with Crippen LogP contribution in [0.15, 0.2) is 341 Å². The zero-order valence-corrected chi connectivity index (χ0v) is 89.9. The van der Waals surface area contributed by atoms with Crippen molar-refractivity contribution in [3.05, 3.63) is 400 Å². The second kappa shape index (κ2) is 46.3. The Morgan fingerprint density at radius 1 is 0.353 bits per heavy atom. The first-order chi connectivity index (χ1) is 71.6. The first kappa shape index (κ1) is 107. The van der Waals surface area contributed by atoms with Gasteiger partial charge in [-0.1, -0.05) is 231 Å². The zero-order chi connectivity index (χ0) is 107. The molecular weight excluding hydrogens is 1950 g/mol. The first-order valence-corrected chi connectivity index (χ1v) is 57.0. The van der Waals surface area contributed by atoms with Crippen LogP contribution in [0, 0.1) is 0 Å². The summed E-state index contributed by atoms with van der Waals surface area (Å²) in [6.45, 7) is 23.3. The van der Waals surface area contributed by atoms with Gasteiger partial charge in [0.25, 0.3) is 11.8 Å². The fourth-order valence-corrected chi connectivity index (χ4v) is 20.3. The Morgan fingerprint density at radius 2 is 0.700 bits per heavy atom. The number of benzene rings is 13. The molecule has 0 unspecified atom stereocenters. The molecule has 1 N–H and O–H groups in total. The molecule has 1 saturated heterocycles. The predicted octanol–water partition coefficient (Wildman–Crippen LogP) is 24.0. The number of nitrogens with zero attached hydrogens (tertiary/aromatic N) is 12. The summed E-state index contributed by atoms with van der Waals surface area (Å²) in [7, 11) is -9.78. The Labute approximate surface area is 877 Å². The van der Waals surface area contributed by atoms with E-state index in [0.29, 0.717) is 83.9 Å². The SMILES string of the molecule is CC(C)NC(=O)/C(=C\c1cccc(-c2cc(C(C)C)cc3cccnc23)c1)c1ccc(S(C)(=O)=O)cc1.CC(C)c1cc(-c2cccc(/C=C(/c3ccc(S(C)(=O)=O)cc3)c3nnn(C)n3)c2)c2ccccc2c1.CC(C)c1cc(-c2cccc(/C=C(/c3ccc(S(C)(=O)=O)cc3)c3nnnn3C)c2)c2ncccc2c1.CC(C)c1cc(-c2cccc(/C=C(\C(=O)N3CCOCC3)c3ccc(S(C)(=O)=O)cc3)c2)c2ncccc2c1. The van der Waals surface area contributed by atoms with Crippen LogP contribution in [0.25, 0.3) is 135 Å². The van der Waals surface area contributed by atoms with Crippen molar-refractivity contribution in [2.45, 2.75) is 119 Å². The third kappa shape index (κ3) is 26.1. The van der Waals surface area contributed by atoms with Crippen LogP contribution < -0.4 is 5.32 Å². The smallest absolute Gasteiger partial charge is 0.254 e. The van der Waals surface area contributed by atoms with E-state index >= 15 is 0 Å². The number of rotatable bonds is 25. The highest BCUT2D eigenvalue weighted by Crippen LogP contribution is 2.41. The van der Waals surface area contributed by atoms with Gasteiger partial charge in [-0.3, -0.25) is 24.5 Å². The van der Waals surface area contributed by atoms with Crippen molar-refractivity contribution in [3.8, 4) is 44.5 Å². The maximum absolute atomic E-state index is 13.7. The molecule has 1 fully saturated rings. The fraction of sp³-hybridized carbons (Fsp3) is 0.205. The summed E-state index contributed by atoms with van der Waals surface area (Å²) >= 11 is 0. The molecule has 24 nitrogen and oxygen atoms in total. The van der Waals surface area contributed by atoms with Gasteiger partial charge in [0, 0.05) is 125 Å². The monoisotopic (exact) mass is 2070 g/mol. The molecule has 13 aromatic carbocycles. The molecule has 2 amide bonds. The Hall–Kier alpha value is -15.9. The highest BCUT2D eigenvalue weighted by molar-refractivity contribution is 7.91. The summed E-state index contributed by atoms with van der Waals surface area (Å²) in [6, 6.07) is 97.6. The average Bonchev–Trinajstić information content (AvgIpc) is 0.889. The Morgan fingerprint density at radius 3 is 1.07 bits per heavy atom. The molecule has 19 rings (SSSR count). The van der Waals surface area contributed by atoms with Crippen molar-refractivity contribution >= 4 is 141 Å². The molecule has 18 aromatic rings. The highest BCUT2D eigenvalue weighted by Gasteiger charge is 2.27. The van der Waals surface area contributed by atoms with Gasteiger partial charge >= 0.3 is 0 Å². The van der Waals surface area contributed by atoms with Gasteiger partial charge in [0.05, 0.1) is 56.4 Å². The summed E-state index contributed by atoms with van der Waals surface area (Å²) in [5.74, 6) is 2.24. The van der Waals surface area contributed by atoms with E-state index in [1.165, 1.54) is 80.5 Å². The van der Waals surface area contributed by atoms with Crippen LogP contribution in [0.1, 0.15) is 171 Å². The predicted molar refractivity (Wildman–Crippen MR) is 603 cm³/mol. The normalized spacial score (nSPS) is 13.0. The third-order valence-electron chi connectivity index (χ3n) is 25.9. The molecule has 0 aliphatic carbocycles. The number of hydrogen-bond acceptors (Lipinski definition) is 20. The minimum atomic E-state index is -3.35. The number of nitrogens with one attached hydrogen (secondary N) is 1. The zero-order valence-electron chi connectivity index (χ0n) is 86.6. The van der Waals surface area contributed by atoms with E-state index < -0.39 is 39.3 Å². The Balaban J connectivity index is 0.000000142. The van der Waals surface area contributed by atoms with E-state index in [1.807, 2.05) is 117 Å². The van der Waals surface area contributed by atoms with Gasteiger partial charge < -0.3 is 15.0 Å². The van der Waals surface area contributed by atoms with Gasteiger partial charge in [-0.05, 0) is 310 Å². The molecule has 28 heteroatoms. The Kier molecular flexibility index (Phi) is 33.0. The molecule has 6 heterocycles. The number of carbonyl (C=O) groups is 2. The van der Waals surface area contributed by atoms with Crippen LogP contribution in [0.4, 0.5) is 0 Å². The number of amides is 2. The molecular formula is C122H119N13O11S4. The lowest BCUT2D eigenvalue weighted by molar-refractivity contribution is -0.128. The summed E-state index contributed by atoms with van der Waals surface area (Å²) < 4.78 is 103. The number of aryl methyl sites for hydroxylation is 2. The lowest BCUT2D eigenvalue weighted by Gasteiger charge is -2.28. The van der Waals surface area contributed by atoms with Crippen molar-refractivity contribution in [2.24, 2.45) is 14.1 Å². The molecule has 0 bridgehead atoms. The molecule has 0 radical (unpaired) electrons. The number of carbonyl (C=O) groups excluding carboxylic acids is 2. The van der Waals surface area contributed by atoms with Crippen LogP contribution in [0.2, 0.25) is 0 Å². The Bertz CT molecular complexity index is 8730. The molecule has 1 aliphatic rings. The number of aromatic nitrogens is 11. The number of fused-ring (bicyclic) bond motifs is 4. The number of sulfone groups is 4. The maximum atomic E-state index is 13.7. The second-order valence-corrected chi connectivity index (χ2v) is 47.1. The van der Waals surface area contributed by atoms with Crippen LogP contribution in [0.5, 0.6) is 0 Å². The summed E-state index contributed by atoms with van der Waals surface area (Å²) in [4.78, 5) is 45.1. The van der Waals surface area contributed by atoms with Crippen LogP contribution in [0.3, 0.4) is 0 Å². The topological polar surface area (TPSA) is 321 Å². The molecule has 0 spiro atoms. The number of hydrogen-bond donors (Lipinski definition) is 1. The lowest BCUT2D eigenvalue weighted by Crippen LogP contribution is -2.41. The van der Waals surface area contributed by atoms with E-state index in [4.69, 9.17) is 4.74 Å². The van der Waals surface area contributed by atoms with Crippen molar-refractivity contribution in [3.63, 3.8) is 0 Å². The largest absolute Gasteiger partial charge is 0.378 e. The standard InChI is InChI=1S/C32H32N2O4S.C31H32N2O3S.C30H28N4O2S.C29H27N5O2S/c1-22(2)27-20-26-8-5-13-33-31(26)29(21-27)25-7-4-6-23(18-25)19-30(32(35)34-14-16-38-17-15-34)24-9-11-28(12-10-24)39(3,36)37;1-20(2)26-18-25-10-7-15-32-30(25)28(19-26)24-9-6-8-22(16-24)17-29(31(34)33-21(3)4)23-11-13-27(14-12-23)37(5,35)36;1-20(2)25-18-24-9-5-6-11-27(24)28(19-25)23-10-7-8-21(16-23)17-29(30-31-33-34(3)32-30)22-12-14-26(15-13-22)37(4,35)36;1-19(2)24-17-23-9-6-14-30-28(23)26(18-24)22-8-5-7-20(15-22)16-27(29-31-32-33-34(29)3)21-10-12-25(13-11-21)37(4,35)36/h4-13,18-22H,14-17H2,1-3H3;6-21H,1-5H3,(H,33,34);5-20H,1-4H3;5-19H,1-4H3/b30-19-;2*29-17-;27-16-. The number of ether oxygens (including phenoxy) is 1. The summed E-state index contributed by atoms with van der Waals surface area (Å²) in [5.41, 5.74) is 25.5. The minimum absolute atomic E-state index is 0.0475. The molecule has 0 atom stereocenters. The van der Waals surface area contributed by atoms with Crippen molar-refractivity contribution in [2.75, 3.05) is 51.3 Å². The summed E-state index contributed by atoms with van der Waals surface area (Å²) in [6.07, 6.45) is 18.0. The van der Waals surface area contributed by atoms with Crippen LogP contribution >= 0.6 is 0 Å². The van der Waals surface area contributed by atoms with E-state index in [9.17, 15) is 43.3 Å². The van der Waals surface area contributed by atoms with E-state index in [-0.39, 0.29) is 37.4 Å². The molecule has 150 heavy (non-hydrogen) atoms. The van der Waals surface area contributed by atoms with Gasteiger partial charge in [0.2, 0.25) is 5.82 Å². The van der Waals surface area contributed by atoms with Gasteiger partial charge in [-0.25, -0.2) is 38.4 Å². The molecule has 0 saturated carbocycles. The first-order valence-electron chi connectivity index (χ1n) is 49.5. The van der Waals surface area contributed by atoms with Gasteiger partial charge in [0.1, 0.15) is 0 Å².